The predicted octanol–water partition coefficient (Wildman–Crippen LogP) is 1.17. The lowest BCUT2D eigenvalue weighted by Crippen LogP contribution is -2.31. The second kappa shape index (κ2) is 4.81. The average molecular weight is 225 g/mol. The molecule has 82 valence electrons. The minimum atomic E-state index is 0.334. The highest BCUT2D eigenvalue weighted by molar-refractivity contribution is 7.99. The molecule has 1 N–H and O–H groups in total. The number of methoxy groups -OCH3 is 1. The summed E-state index contributed by atoms with van der Waals surface area (Å²) >= 11 is 1.96. The van der Waals surface area contributed by atoms with Crippen LogP contribution in [0.2, 0.25) is 0 Å². The molecule has 1 fully saturated rings. The lowest BCUT2D eigenvalue weighted by Gasteiger charge is -2.24. The van der Waals surface area contributed by atoms with Crippen LogP contribution in [0.15, 0.2) is 6.33 Å². The first-order valence-corrected chi connectivity index (χ1v) is 6.15. The molecule has 2 heterocycles. The molecular formula is C10H15N3OS. The molecule has 2 rings (SSSR count). The van der Waals surface area contributed by atoms with Crippen LogP contribution in [0.4, 0.5) is 0 Å². The molecular weight excluding hydrogens is 210 g/mol. The van der Waals surface area contributed by atoms with Gasteiger partial charge in [0.05, 0.1) is 18.8 Å². The van der Waals surface area contributed by atoms with Crippen molar-refractivity contribution in [3.8, 4) is 5.88 Å². The predicted molar refractivity (Wildman–Crippen MR) is 61.4 cm³/mol. The van der Waals surface area contributed by atoms with E-state index in [9.17, 15) is 0 Å². The van der Waals surface area contributed by atoms with Crippen LogP contribution in [0.3, 0.4) is 0 Å². The van der Waals surface area contributed by atoms with Gasteiger partial charge in [-0.1, -0.05) is 0 Å². The molecule has 1 aliphatic rings. The van der Waals surface area contributed by atoms with Crippen molar-refractivity contribution in [3.05, 3.63) is 17.6 Å². The topological polar surface area (TPSA) is 47.0 Å². The molecule has 1 aromatic heterocycles. The normalized spacial score (nSPS) is 21.3. The summed E-state index contributed by atoms with van der Waals surface area (Å²) in [6.07, 6.45) is 1.57. The lowest BCUT2D eigenvalue weighted by molar-refractivity contribution is 0.390. The second-order valence-electron chi connectivity index (χ2n) is 3.47. The number of hydrogen-bond donors (Lipinski definition) is 1. The van der Waals surface area contributed by atoms with Gasteiger partial charge in [0, 0.05) is 23.6 Å². The van der Waals surface area contributed by atoms with Crippen LogP contribution < -0.4 is 10.1 Å². The third-order valence-corrected chi connectivity index (χ3v) is 3.58. The van der Waals surface area contributed by atoms with E-state index >= 15 is 0 Å². The average Bonchev–Trinajstić information content (AvgIpc) is 2.30. The third kappa shape index (κ3) is 2.23. The minimum absolute atomic E-state index is 0.334. The molecule has 1 unspecified atom stereocenters. The van der Waals surface area contributed by atoms with Crippen LogP contribution in [-0.2, 0) is 0 Å². The maximum absolute atomic E-state index is 5.19. The number of nitrogens with zero attached hydrogens (tertiary/aromatic N) is 2. The standard InChI is InChI=1S/C10H15N3OS/c1-7-9(8-5-15-4-3-11-8)12-6-13-10(7)14-2/h6,8,11H,3-5H2,1-2H3. The number of rotatable bonds is 2. The van der Waals surface area contributed by atoms with Crippen LogP contribution in [0.5, 0.6) is 5.88 Å². The van der Waals surface area contributed by atoms with Crippen molar-refractivity contribution >= 4 is 11.8 Å². The van der Waals surface area contributed by atoms with E-state index in [1.54, 1.807) is 13.4 Å². The van der Waals surface area contributed by atoms with E-state index in [1.165, 1.54) is 5.75 Å². The summed E-state index contributed by atoms with van der Waals surface area (Å²) in [7, 11) is 1.64. The van der Waals surface area contributed by atoms with Gasteiger partial charge in [0.2, 0.25) is 5.88 Å². The zero-order valence-electron chi connectivity index (χ0n) is 8.99. The van der Waals surface area contributed by atoms with Crippen molar-refractivity contribution in [2.75, 3.05) is 25.2 Å². The van der Waals surface area contributed by atoms with Gasteiger partial charge in [-0.2, -0.15) is 11.8 Å². The number of hydrogen-bond acceptors (Lipinski definition) is 5. The molecule has 0 bridgehead atoms. The zero-order chi connectivity index (χ0) is 10.7. The highest BCUT2D eigenvalue weighted by atomic mass is 32.2. The Balaban J connectivity index is 2.26. The van der Waals surface area contributed by atoms with Crippen LogP contribution in [-0.4, -0.2) is 35.1 Å². The van der Waals surface area contributed by atoms with Crippen LogP contribution in [0.25, 0.3) is 0 Å². The largest absolute Gasteiger partial charge is 0.481 e. The van der Waals surface area contributed by atoms with Gasteiger partial charge in [-0.3, -0.25) is 0 Å². The summed E-state index contributed by atoms with van der Waals surface area (Å²) in [5.74, 6) is 2.93. The second-order valence-corrected chi connectivity index (χ2v) is 4.62. The van der Waals surface area contributed by atoms with Crippen LogP contribution >= 0.6 is 11.8 Å². The smallest absolute Gasteiger partial charge is 0.219 e. The molecule has 1 aliphatic heterocycles. The van der Waals surface area contributed by atoms with E-state index in [0.717, 1.165) is 23.6 Å². The van der Waals surface area contributed by atoms with Gasteiger partial charge in [-0.05, 0) is 6.92 Å². The van der Waals surface area contributed by atoms with Gasteiger partial charge in [-0.25, -0.2) is 9.97 Å². The van der Waals surface area contributed by atoms with Gasteiger partial charge in [-0.15, -0.1) is 0 Å². The quantitative estimate of drug-likeness (QED) is 0.818. The summed E-state index contributed by atoms with van der Waals surface area (Å²) in [6, 6.07) is 0.334. The van der Waals surface area contributed by atoms with E-state index in [0.29, 0.717) is 11.9 Å². The Bertz CT molecular complexity index is 339. The molecule has 4 nitrogen and oxygen atoms in total. The van der Waals surface area contributed by atoms with Gasteiger partial charge in [0.1, 0.15) is 6.33 Å². The number of ether oxygens (including phenoxy) is 1. The summed E-state index contributed by atoms with van der Waals surface area (Å²) in [6.45, 7) is 3.05. The van der Waals surface area contributed by atoms with E-state index in [1.807, 2.05) is 18.7 Å². The van der Waals surface area contributed by atoms with E-state index < -0.39 is 0 Å². The fourth-order valence-electron chi connectivity index (χ4n) is 1.74. The highest BCUT2D eigenvalue weighted by Crippen LogP contribution is 2.25. The fourth-order valence-corrected chi connectivity index (χ4v) is 2.69. The SMILES string of the molecule is COc1ncnc(C2CSCCN2)c1C. The minimum Gasteiger partial charge on any atom is -0.481 e. The number of aromatic nitrogens is 2. The first kappa shape index (κ1) is 10.7. The van der Waals surface area contributed by atoms with E-state index in [4.69, 9.17) is 4.74 Å². The summed E-state index contributed by atoms with van der Waals surface area (Å²) in [4.78, 5) is 8.43. The van der Waals surface area contributed by atoms with Crippen molar-refractivity contribution in [2.45, 2.75) is 13.0 Å². The molecule has 0 saturated carbocycles. The molecule has 1 aromatic rings. The molecule has 1 saturated heterocycles. The Kier molecular flexibility index (Phi) is 3.43. The highest BCUT2D eigenvalue weighted by Gasteiger charge is 2.20. The first-order chi connectivity index (χ1) is 7.33. The Morgan fingerprint density at radius 2 is 2.40 bits per heavy atom. The van der Waals surface area contributed by atoms with Gasteiger partial charge in [0.25, 0.3) is 0 Å². The molecule has 15 heavy (non-hydrogen) atoms. The number of nitrogens with one attached hydrogen (secondary N) is 1. The van der Waals surface area contributed by atoms with Gasteiger partial charge < -0.3 is 10.1 Å². The first-order valence-electron chi connectivity index (χ1n) is 4.99. The monoisotopic (exact) mass is 225 g/mol. The van der Waals surface area contributed by atoms with Crippen molar-refractivity contribution < 1.29 is 4.74 Å². The summed E-state index contributed by atoms with van der Waals surface area (Å²) < 4.78 is 5.19. The Labute approximate surface area is 93.8 Å². The molecule has 5 heteroatoms. The summed E-state index contributed by atoms with van der Waals surface area (Å²) in [5, 5.41) is 3.46. The fraction of sp³-hybridized carbons (Fsp3) is 0.600. The van der Waals surface area contributed by atoms with Crippen molar-refractivity contribution in [3.63, 3.8) is 0 Å². The Morgan fingerprint density at radius 1 is 1.53 bits per heavy atom. The van der Waals surface area contributed by atoms with Crippen LogP contribution in [0, 0.1) is 6.92 Å². The molecule has 0 aromatic carbocycles. The molecule has 0 aliphatic carbocycles. The molecule has 0 amide bonds. The molecule has 0 spiro atoms. The van der Waals surface area contributed by atoms with Crippen LogP contribution in [0.1, 0.15) is 17.3 Å². The van der Waals surface area contributed by atoms with Crippen molar-refractivity contribution in [2.24, 2.45) is 0 Å². The Hall–Kier alpha value is -0.810. The van der Waals surface area contributed by atoms with E-state index in [-0.39, 0.29) is 0 Å². The Morgan fingerprint density at radius 3 is 3.07 bits per heavy atom. The van der Waals surface area contributed by atoms with Gasteiger partial charge in [0.15, 0.2) is 0 Å². The maximum Gasteiger partial charge on any atom is 0.219 e. The summed E-state index contributed by atoms with van der Waals surface area (Å²) in [5.41, 5.74) is 2.11. The lowest BCUT2D eigenvalue weighted by atomic mass is 10.1. The van der Waals surface area contributed by atoms with Crippen molar-refractivity contribution in [1.82, 2.24) is 15.3 Å². The molecule has 1 atom stereocenters. The van der Waals surface area contributed by atoms with E-state index in [2.05, 4.69) is 15.3 Å². The van der Waals surface area contributed by atoms with Crippen molar-refractivity contribution in [1.29, 1.82) is 0 Å². The van der Waals surface area contributed by atoms with Gasteiger partial charge >= 0.3 is 0 Å². The maximum atomic E-state index is 5.19. The third-order valence-electron chi connectivity index (χ3n) is 2.52. The molecule has 0 radical (unpaired) electrons. The zero-order valence-corrected chi connectivity index (χ0v) is 9.80. The number of thioether (sulfide) groups is 1.